The molecule has 0 aliphatic carbocycles. The van der Waals surface area contributed by atoms with Gasteiger partial charge in [0.15, 0.2) is 0 Å². The summed E-state index contributed by atoms with van der Waals surface area (Å²) in [5, 5.41) is 8.21. The zero-order valence-corrected chi connectivity index (χ0v) is 11.5. The molecule has 7 heteroatoms. The van der Waals surface area contributed by atoms with Crippen LogP contribution in [0.5, 0.6) is 0 Å². The molecule has 7 nitrogen and oxygen atoms in total. The third-order valence-electron chi connectivity index (χ3n) is 3.14. The number of benzene rings is 1. The molecule has 21 heavy (non-hydrogen) atoms. The number of nitrogen functional groups attached to an aromatic ring is 1. The number of nitrogens with two attached hydrogens (primary N) is 1. The number of aromatic nitrogens is 5. The summed E-state index contributed by atoms with van der Waals surface area (Å²) in [4.78, 5) is 15.1. The lowest BCUT2D eigenvalue weighted by molar-refractivity contribution is 0.640. The molecule has 0 aliphatic heterocycles. The molecule has 3 rings (SSSR count). The maximum atomic E-state index is 11.4. The van der Waals surface area contributed by atoms with Crippen molar-refractivity contribution in [3.63, 3.8) is 0 Å². The highest BCUT2D eigenvalue weighted by atomic mass is 16.1. The Morgan fingerprint density at radius 1 is 1.19 bits per heavy atom. The first-order chi connectivity index (χ1) is 10.1. The highest BCUT2D eigenvalue weighted by molar-refractivity contribution is 5.57. The molecular formula is C14H14N6O. The lowest BCUT2D eigenvalue weighted by Crippen LogP contribution is -2.23. The Hall–Kier alpha value is -2.96. The highest BCUT2D eigenvalue weighted by Crippen LogP contribution is 2.15. The van der Waals surface area contributed by atoms with Crippen LogP contribution >= 0.6 is 0 Å². The van der Waals surface area contributed by atoms with Crippen LogP contribution in [0.4, 0.5) is 5.82 Å². The second-order valence-electron chi connectivity index (χ2n) is 4.71. The lowest BCUT2D eigenvalue weighted by atomic mass is 10.2. The molecule has 0 amide bonds. The fraction of sp³-hybridized carbons (Fsp3) is 0.143. The van der Waals surface area contributed by atoms with Crippen molar-refractivity contribution in [2.45, 2.75) is 6.54 Å². The number of rotatable bonds is 3. The van der Waals surface area contributed by atoms with Crippen molar-refractivity contribution >= 4 is 5.82 Å². The molecule has 0 saturated carbocycles. The topological polar surface area (TPSA) is 91.6 Å². The highest BCUT2D eigenvalue weighted by Gasteiger charge is 2.08. The van der Waals surface area contributed by atoms with E-state index in [4.69, 9.17) is 5.73 Å². The zero-order chi connectivity index (χ0) is 14.8. The van der Waals surface area contributed by atoms with Gasteiger partial charge in [0.25, 0.3) is 0 Å². The fourth-order valence-corrected chi connectivity index (χ4v) is 2.02. The van der Waals surface area contributed by atoms with Crippen LogP contribution in [0.25, 0.3) is 11.3 Å². The van der Waals surface area contributed by atoms with E-state index in [2.05, 4.69) is 15.3 Å². The van der Waals surface area contributed by atoms with Crippen molar-refractivity contribution in [3.8, 4) is 11.3 Å². The third-order valence-corrected chi connectivity index (χ3v) is 3.14. The van der Waals surface area contributed by atoms with Gasteiger partial charge in [0.05, 0.1) is 12.7 Å². The maximum Gasteiger partial charge on any atom is 0.349 e. The SMILES string of the molecule is Cn1cc(Cn2cc(-c3ccccc3)nn2)c(N)nc1=O. The van der Waals surface area contributed by atoms with E-state index < -0.39 is 0 Å². The molecule has 0 bridgehead atoms. The van der Waals surface area contributed by atoms with Crippen LogP contribution in [0, 0.1) is 0 Å². The van der Waals surface area contributed by atoms with Gasteiger partial charge in [0.1, 0.15) is 11.5 Å². The number of hydrogen-bond acceptors (Lipinski definition) is 5. The van der Waals surface area contributed by atoms with Crippen molar-refractivity contribution in [1.82, 2.24) is 24.5 Å². The van der Waals surface area contributed by atoms with Crippen LogP contribution in [-0.2, 0) is 13.6 Å². The molecule has 2 heterocycles. The number of aryl methyl sites for hydroxylation is 1. The van der Waals surface area contributed by atoms with Crippen LogP contribution in [0.3, 0.4) is 0 Å². The molecule has 0 atom stereocenters. The van der Waals surface area contributed by atoms with E-state index in [1.807, 2.05) is 36.5 Å². The van der Waals surface area contributed by atoms with E-state index >= 15 is 0 Å². The van der Waals surface area contributed by atoms with Crippen molar-refractivity contribution < 1.29 is 0 Å². The predicted molar refractivity (Wildman–Crippen MR) is 78.5 cm³/mol. The predicted octanol–water partition coefficient (Wildman–Crippen LogP) is 0.669. The number of hydrogen-bond donors (Lipinski definition) is 1. The first-order valence-electron chi connectivity index (χ1n) is 6.41. The van der Waals surface area contributed by atoms with Crippen molar-refractivity contribution in [1.29, 1.82) is 0 Å². The number of nitrogens with zero attached hydrogens (tertiary/aromatic N) is 5. The molecule has 2 aromatic heterocycles. The molecule has 1 aromatic carbocycles. The Bertz CT molecular complexity index is 821. The molecule has 3 aromatic rings. The number of anilines is 1. The molecule has 2 N–H and O–H groups in total. The molecule has 0 radical (unpaired) electrons. The van der Waals surface area contributed by atoms with Crippen LogP contribution in [0.1, 0.15) is 5.56 Å². The first kappa shape index (κ1) is 13.0. The minimum atomic E-state index is -0.375. The van der Waals surface area contributed by atoms with Gasteiger partial charge in [0.2, 0.25) is 0 Å². The second-order valence-corrected chi connectivity index (χ2v) is 4.71. The molecular weight excluding hydrogens is 268 g/mol. The quantitative estimate of drug-likeness (QED) is 0.762. The van der Waals surface area contributed by atoms with Crippen LogP contribution < -0.4 is 11.4 Å². The summed E-state index contributed by atoms with van der Waals surface area (Å²) >= 11 is 0. The zero-order valence-electron chi connectivity index (χ0n) is 11.5. The third kappa shape index (κ3) is 2.66. The second kappa shape index (κ2) is 5.20. The van der Waals surface area contributed by atoms with E-state index in [9.17, 15) is 4.79 Å². The average molecular weight is 282 g/mol. The molecule has 0 saturated heterocycles. The van der Waals surface area contributed by atoms with Crippen molar-refractivity contribution in [3.05, 3.63) is 58.8 Å². The summed E-state index contributed by atoms with van der Waals surface area (Å²) in [6.07, 6.45) is 3.49. The van der Waals surface area contributed by atoms with E-state index in [1.165, 1.54) is 4.57 Å². The van der Waals surface area contributed by atoms with Gasteiger partial charge in [-0.05, 0) is 0 Å². The van der Waals surface area contributed by atoms with Gasteiger partial charge in [-0.3, -0.25) is 0 Å². The van der Waals surface area contributed by atoms with Gasteiger partial charge in [-0.1, -0.05) is 35.5 Å². The largest absolute Gasteiger partial charge is 0.383 e. The van der Waals surface area contributed by atoms with Crippen molar-refractivity contribution in [2.24, 2.45) is 7.05 Å². The van der Waals surface area contributed by atoms with Gasteiger partial charge in [-0.2, -0.15) is 4.98 Å². The van der Waals surface area contributed by atoms with E-state index in [0.717, 1.165) is 16.8 Å². The Kier molecular flexibility index (Phi) is 3.23. The molecule has 0 aliphatic rings. The summed E-state index contributed by atoms with van der Waals surface area (Å²) in [6.45, 7) is 0.410. The Morgan fingerprint density at radius 2 is 1.95 bits per heavy atom. The maximum absolute atomic E-state index is 11.4. The summed E-state index contributed by atoms with van der Waals surface area (Å²) in [5.74, 6) is 0.217. The van der Waals surface area contributed by atoms with Gasteiger partial charge >= 0.3 is 5.69 Å². The summed E-state index contributed by atoms with van der Waals surface area (Å²) in [6, 6.07) is 9.78. The minimum absolute atomic E-state index is 0.217. The molecule has 0 fully saturated rings. The summed E-state index contributed by atoms with van der Waals surface area (Å²) in [5.41, 5.74) is 7.90. The summed E-state index contributed by atoms with van der Waals surface area (Å²) in [7, 11) is 1.63. The van der Waals surface area contributed by atoms with Gasteiger partial charge < -0.3 is 10.3 Å². The van der Waals surface area contributed by atoms with E-state index in [0.29, 0.717) is 6.54 Å². The van der Waals surface area contributed by atoms with Crippen molar-refractivity contribution in [2.75, 3.05) is 5.73 Å². The molecule has 106 valence electrons. The Labute approximate surface area is 120 Å². The van der Waals surface area contributed by atoms with E-state index in [-0.39, 0.29) is 11.5 Å². The van der Waals surface area contributed by atoms with Gasteiger partial charge in [0, 0.05) is 24.4 Å². The van der Waals surface area contributed by atoms with E-state index in [1.54, 1.807) is 17.9 Å². The first-order valence-corrected chi connectivity index (χ1v) is 6.41. The molecule has 0 unspecified atom stereocenters. The van der Waals surface area contributed by atoms with Gasteiger partial charge in [-0.15, -0.1) is 5.10 Å². The Balaban J connectivity index is 1.88. The monoisotopic (exact) mass is 282 g/mol. The average Bonchev–Trinajstić information content (AvgIpc) is 2.94. The van der Waals surface area contributed by atoms with Crippen LogP contribution in [0.15, 0.2) is 47.5 Å². The fourth-order valence-electron chi connectivity index (χ4n) is 2.02. The van der Waals surface area contributed by atoms with Gasteiger partial charge in [-0.25, -0.2) is 9.48 Å². The standard InChI is InChI=1S/C14H14N6O/c1-19-7-11(13(15)16-14(19)21)8-20-9-12(17-18-20)10-5-3-2-4-6-10/h2-7,9H,8H2,1H3,(H2,15,16,21). The minimum Gasteiger partial charge on any atom is -0.383 e. The molecule has 0 spiro atoms. The lowest BCUT2D eigenvalue weighted by Gasteiger charge is -2.05. The van der Waals surface area contributed by atoms with Crippen LogP contribution in [0.2, 0.25) is 0 Å². The smallest absolute Gasteiger partial charge is 0.349 e. The Morgan fingerprint density at radius 3 is 2.71 bits per heavy atom. The normalized spacial score (nSPS) is 10.7. The van der Waals surface area contributed by atoms with Crippen LogP contribution in [-0.4, -0.2) is 24.5 Å². The summed E-state index contributed by atoms with van der Waals surface area (Å²) < 4.78 is 3.06.